The highest BCUT2D eigenvalue weighted by atomic mass is 16.3. The Morgan fingerprint density at radius 1 is 0.864 bits per heavy atom. The van der Waals surface area contributed by atoms with Gasteiger partial charge in [0.1, 0.15) is 18.2 Å². The zero-order valence-electron chi connectivity index (χ0n) is 13.1. The van der Waals surface area contributed by atoms with E-state index < -0.39 is 0 Å². The van der Waals surface area contributed by atoms with E-state index in [9.17, 15) is 0 Å². The number of aryl methyl sites for hydroxylation is 3. The second-order valence-electron chi connectivity index (χ2n) is 5.96. The zero-order chi connectivity index (χ0) is 15.3. The normalized spacial score (nSPS) is 11.4. The minimum atomic E-state index is 0.947. The van der Waals surface area contributed by atoms with Crippen LogP contribution in [0.3, 0.4) is 0 Å². The van der Waals surface area contributed by atoms with Gasteiger partial charge in [-0.25, -0.2) is 4.57 Å². The maximum atomic E-state index is 6.03. The number of para-hydroxylation sites is 1. The van der Waals surface area contributed by atoms with E-state index in [0.29, 0.717) is 0 Å². The van der Waals surface area contributed by atoms with Crippen molar-refractivity contribution in [1.82, 2.24) is 0 Å². The maximum Gasteiger partial charge on any atom is 0.212 e. The highest BCUT2D eigenvalue weighted by Crippen LogP contribution is 2.33. The maximum absolute atomic E-state index is 6.03. The SMILES string of the molecule is Cc1cc[n+](C)c(-c2cc3oc4ccccc4c3cc2C)c1. The van der Waals surface area contributed by atoms with Gasteiger partial charge in [-0.15, -0.1) is 0 Å². The summed E-state index contributed by atoms with van der Waals surface area (Å²) in [4.78, 5) is 0. The number of hydrogen-bond donors (Lipinski definition) is 0. The molecule has 0 bridgehead atoms. The average Bonchev–Trinajstić information content (AvgIpc) is 2.87. The molecule has 0 saturated carbocycles. The molecule has 108 valence electrons. The Balaban J connectivity index is 2.05. The van der Waals surface area contributed by atoms with Gasteiger partial charge in [-0.1, -0.05) is 18.2 Å². The number of nitrogens with zero attached hydrogens (tertiary/aromatic N) is 1. The summed E-state index contributed by atoms with van der Waals surface area (Å²) in [7, 11) is 2.08. The van der Waals surface area contributed by atoms with Gasteiger partial charge in [-0.05, 0) is 43.2 Å². The molecule has 2 heterocycles. The molecule has 0 fully saturated rings. The first kappa shape index (κ1) is 13.1. The van der Waals surface area contributed by atoms with E-state index in [1.807, 2.05) is 12.1 Å². The third-order valence-corrected chi connectivity index (χ3v) is 4.31. The number of benzene rings is 2. The molecule has 0 unspecified atom stereocenters. The van der Waals surface area contributed by atoms with Crippen LogP contribution in [0.1, 0.15) is 11.1 Å². The Labute approximate surface area is 129 Å². The molecule has 0 amide bonds. The average molecular weight is 288 g/mol. The molecule has 0 N–H and O–H groups in total. The number of pyridine rings is 1. The van der Waals surface area contributed by atoms with Gasteiger partial charge in [0.05, 0.1) is 5.56 Å². The molecule has 2 heteroatoms. The lowest BCUT2D eigenvalue weighted by Gasteiger charge is -2.05. The van der Waals surface area contributed by atoms with Gasteiger partial charge >= 0.3 is 0 Å². The Bertz CT molecular complexity index is 1010. The number of rotatable bonds is 1. The van der Waals surface area contributed by atoms with Crippen LogP contribution in [0.25, 0.3) is 33.2 Å². The Kier molecular flexibility index (Phi) is 2.80. The van der Waals surface area contributed by atoms with Crippen LogP contribution in [-0.2, 0) is 7.05 Å². The number of aromatic nitrogens is 1. The second kappa shape index (κ2) is 4.70. The second-order valence-corrected chi connectivity index (χ2v) is 5.96. The monoisotopic (exact) mass is 288 g/mol. The van der Waals surface area contributed by atoms with E-state index in [1.54, 1.807) is 0 Å². The van der Waals surface area contributed by atoms with Gasteiger partial charge < -0.3 is 4.42 Å². The van der Waals surface area contributed by atoms with E-state index in [2.05, 4.69) is 68.1 Å². The summed E-state index contributed by atoms with van der Waals surface area (Å²) < 4.78 is 8.19. The Morgan fingerprint density at radius 2 is 1.68 bits per heavy atom. The van der Waals surface area contributed by atoms with Crippen LogP contribution in [-0.4, -0.2) is 0 Å². The quantitative estimate of drug-likeness (QED) is 0.464. The first-order valence-electron chi connectivity index (χ1n) is 7.52. The van der Waals surface area contributed by atoms with Crippen LogP contribution in [0, 0.1) is 13.8 Å². The molecule has 0 aliphatic carbocycles. The fourth-order valence-corrected chi connectivity index (χ4v) is 3.10. The van der Waals surface area contributed by atoms with Gasteiger partial charge in [-0.2, -0.15) is 0 Å². The minimum Gasteiger partial charge on any atom is -0.456 e. The third kappa shape index (κ3) is 1.92. The standard InChI is InChI=1S/C20H18NO/c1-13-8-9-21(3)18(10-13)16-12-20-17(11-14(16)2)15-6-4-5-7-19(15)22-20/h4-12H,1-3H3/q+1. The lowest BCUT2D eigenvalue weighted by molar-refractivity contribution is -0.660. The molecule has 4 aromatic rings. The van der Waals surface area contributed by atoms with E-state index in [0.717, 1.165) is 11.2 Å². The zero-order valence-corrected chi connectivity index (χ0v) is 13.1. The van der Waals surface area contributed by atoms with Gasteiger partial charge in [0, 0.05) is 22.9 Å². The fourth-order valence-electron chi connectivity index (χ4n) is 3.10. The van der Waals surface area contributed by atoms with E-state index in [4.69, 9.17) is 4.42 Å². The summed E-state index contributed by atoms with van der Waals surface area (Å²) in [6.45, 7) is 4.29. The molecule has 4 rings (SSSR count). The number of furan rings is 1. The molecular formula is C20H18NO+. The van der Waals surface area contributed by atoms with Crippen LogP contribution in [0.4, 0.5) is 0 Å². The number of hydrogen-bond acceptors (Lipinski definition) is 1. The summed E-state index contributed by atoms with van der Waals surface area (Å²) in [5, 5.41) is 2.37. The van der Waals surface area contributed by atoms with Crippen molar-refractivity contribution >= 4 is 21.9 Å². The summed E-state index contributed by atoms with van der Waals surface area (Å²) in [5.74, 6) is 0. The van der Waals surface area contributed by atoms with Crippen LogP contribution < -0.4 is 4.57 Å². The highest BCUT2D eigenvalue weighted by molar-refractivity contribution is 6.06. The minimum absolute atomic E-state index is 0.947. The van der Waals surface area contributed by atoms with Crippen LogP contribution in [0.2, 0.25) is 0 Å². The van der Waals surface area contributed by atoms with Crippen molar-refractivity contribution in [2.75, 3.05) is 0 Å². The Hall–Kier alpha value is -2.61. The predicted octanol–water partition coefficient (Wildman–Crippen LogP) is 4.69. The van der Waals surface area contributed by atoms with Gasteiger partial charge in [-0.3, -0.25) is 0 Å². The van der Waals surface area contributed by atoms with Crippen molar-refractivity contribution in [3.63, 3.8) is 0 Å². The molecule has 0 radical (unpaired) electrons. The molecule has 0 saturated heterocycles. The molecule has 22 heavy (non-hydrogen) atoms. The molecular weight excluding hydrogens is 270 g/mol. The van der Waals surface area contributed by atoms with Crippen molar-refractivity contribution in [2.24, 2.45) is 7.05 Å². The summed E-state index contributed by atoms with van der Waals surface area (Å²) >= 11 is 0. The predicted molar refractivity (Wildman–Crippen MR) is 89.8 cm³/mol. The molecule has 0 spiro atoms. The van der Waals surface area contributed by atoms with Gasteiger partial charge in [0.25, 0.3) is 0 Å². The highest BCUT2D eigenvalue weighted by Gasteiger charge is 2.16. The summed E-state index contributed by atoms with van der Waals surface area (Å²) in [5.41, 5.74) is 6.85. The van der Waals surface area contributed by atoms with Crippen LogP contribution in [0.15, 0.2) is 59.1 Å². The molecule has 2 aromatic heterocycles. The fraction of sp³-hybridized carbons (Fsp3) is 0.150. The largest absolute Gasteiger partial charge is 0.456 e. The Morgan fingerprint density at radius 3 is 2.55 bits per heavy atom. The third-order valence-electron chi connectivity index (χ3n) is 4.31. The lowest BCUT2D eigenvalue weighted by Crippen LogP contribution is -2.30. The first-order chi connectivity index (χ1) is 10.6. The van der Waals surface area contributed by atoms with Crippen LogP contribution >= 0.6 is 0 Å². The molecule has 0 aliphatic heterocycles. The van der Waals surface area contributed by atoms with Crippen molar-refractivity contribution in [1.29, 1.82) is 0 Å². The van der Waals surface area contributed by atoms with Crippen molar-refractivity contribution in [2.45, 2.75) is 13.8 Å². The molecule has 2 aromatic carbocycles. The summed E-state index contributed by atoms with van der Waals surface area (Å²) in [6, 6.07) is 17.0. The van der Waals surface area contributed by atoms with Gasteiger partial charge in [0.2, 0.25) is 5.69 Å². The molecule has 0 atom stereocenters. The van der Waals surface area contributed by atoms with E-state index >= 15 is 0 Å². The van der Waals surface area contributed by atoms with E-state index in [-0.39, 0.29) is 0 Å². The van der Waals surface area contributed by atoms with Crippen molar-refractivity contribution in [3.8, 4) is 11.3 Å². The smallest absolute Gasteiger partial charge is 0.212 e. The topological polar surface area (TPSA) is 17.0 Å². The van der Waals surface area contributed by atoms with Gasteiger partial charge in [0.15, 0.2) is 6.20 Å². The first-order valence-corrected chi connectivity index (χ1v) is 7.52. The van der Waals surface area contributed by atoms with Crippen LogP contribution in [0.5, 0.6) is 0 Å². The lowest BCUT2D eigenvalue weighted by atomic mass is 10.0. The number of fused-ring (bicyclic) bond motifs is 3. The van der Waals surface area contributed by atoms with Crippen molar-refractivity contribution in [3.05, 3.63) is 65.9 Å². The van der Waals surface area contributed by atoms with E-state index in [1.165, 1.54) is 33.2 Å². The molecule has 0 aliphatic rings. The molecule has 2 nitrogen and oxygen atoms in total. The summed E-state index contributed by atoms with van der Waals surface area (Å²) in [6.07, 6.45) is 2.10. The van der Waals surface area contributed by atoms with Crippen molar-refractivity contribution < 1.29 is 8.98 Å².